The van der Waals surface area contributed by atoms with E-state index in [2.05, 4.69) is 4.72 Å². The second-order valence-electron chi connectivity index (χ2n) is 4.64. The fourth-order valence-corrected chi connectivity index (χ4v) is 2.92. The molecule has 19 heavy (non-hydrogen) atoms. The Morgan fingerprint density at radius 1 is 1.26 bits per heavy atom. The average molecular weight is 311 g/mol. The maximum Gasteiger partial charge on any atom is 0.240 e. The van der Waals surface area contributed by atoms with Crippen molar-refractivity contribution < 1.29 is 12.8 Å². The molecule has 0 bridgehead atoms. The second-order valence-corrected chi connectivity index (χ2v) is 6.35. The van der Waals surface area contributed by atoms with E-state index in [9.17, 15) is 12.8 Å². The molecule has 4 nitrogen and oxygen atoms in total. The predicted octanol–water partition coefficient (Wildman–Crippen LogP) is 1.90. The summed E-state index contributed by atoms with van der Waals surface area (Å²) in [6.45, 7) is 4.22. The number of rotatable bonds is 6. The van der Waals surface area contributed by atoms with Gasteiger partial charge in [-0.3, -0.25) is 0 Å². The van der Waals surface area contributed by atoms with E-state index in [4.69, 9.17) is 5.73 Å². The molecule has 7 heteroatoms. The molecule has 0 aliphatic rings. The average Bonchev–Trinajstić information content (AvgIpc) is 2.27. The highest BCUT2D eigenvalue weighted by Crippen LogP contribution is 2.12. The lowest BCUT2D eigenvalue weighted by atomic mass is 10.1. The van der Waals surface area contributed by atoms with Crippen LogP contribution in [0, 0.1) is 11.7 Å². The van der Waals surface area contributed by atoms with Gasteiger partial charge < -0.3 is 5.73 Å². The predicted molar refractivity (Wildman–Crippen MR) is 76.3 cm³/mol. The van der Waals surface area contributed by atoms with E-state index < -0.39 is 15.8 Å². The number of nitrogens with two attached hydrogens (primary N) is 1. The standard InChI is InChI=1S/C12H19FN2O2S.ClH/c1-9(2)7-11(8-14)15-18(16,17)12-5-3-10(13)4-6-12;/h3-6,9,11,15H,7-8,14H2,1-2H3;1H. The summed E-state index contributed by atoms with van der Waals surface area (Å²) in [6.07, 6.45) is 0.664. The highest BCUT2D eigenvalue weighted by Gasteiger charge is 2.19. The quantitative estimate of drug-likeness (QED) is 0.843. The maximum absolute atomic E-state index is 12.7. The van der Waals surface area contributed by atoms with E-state index >= 15 is 0 Å². The molecular weight excluding hydrogens is 291 g/mol. The van der Waals surface area contributed by atoms with Crippen LogP contribution in [0.3, 0.4) is 0 Å². The van der Waals surface area contributed by atoms with Crippen LogP contribution in [0.2, 0.25) is 0 Å². The van der Waals surface area contributed by atoms with Gasteiger partial charge in [0.25, 0.3) is 0 Å². The summed E-state index contributed by atoms with van der Waals surface area (Å²) >= 11 is 0. The summed E-state index contributed by atoms with van der Waals surface area (Å²) in [5.41, 5.74) is 5.54. The molecule has 0 fully saturated rings. The summed E-state index contributed by atoms with van der Waals surface area (Å²) in [5.74, 6) is -0.124. The van der Waals surface area contributed by atoms with Gasteiger partial charge in [-0.2, -0.15) is 0 Å². The Morgan fingerprint density at radius 3 is 2.21 bits per heavy atom. The van der Waals surface area contributed by atoms with Crippen molar-refractivity contribution in [3.63, 3.8) is 0 Å². The van der Waals surface area contributed by atoms with Gasteiger partial charge in [-0.05, 0) is 36.6 Å². The summed E-state index contributed by atoms with van der Waals surface area (Å²) in [7, 11) is -3.63. The Balaban J connectivity index is 0.00000324. The second kappa shape index (κ2) is 7.79. The number of halogens is 2. The van der Waals surface area contributed by atoms with Crippen LogP contribution in [0.25, 0.3) is 0 Å². The molecule has 0 saturated heterocycles. The number of hydrogen-bond acceptors (Lipinski definition) is 3. The first-order chi connectivity index (χ1) is 8.35. The van der Waals surface area contributed by atoms with Crippen molar-refractivity contribution >= 4 is 22.4 Å². The molecule has 0 heterocycles. The zero-order chi connectivity index (χ0) is 13.8. The summed E-state index contributed by atoms with van der Waals surface area (Å²) in [4.78, 5) is 0.0473. The Bertz CT molecular complexity index is 477. The molecule has 1 aromatic carbocycles. The lowest BCUT2D eigenvalue weighted by molar-refractivity contribution is 0.465. The zero-order valence-corrected chi connectivity index (χ0v) is 12.6. The van der Waals surface area contributed by atoms with Gasteiger partial charge in [-0.15, -0.1) is 12.4 Å². The van der Waals surface area contributed by atoms with Crippen molar-refractivity contribution in [3.8, 4) is 0 Å². The highest BCUT2D eigenvalue weighted by atomic mass is 35.5. The Labute approximate surface area is 120 Å². The smallest absolute Gasteiger partial charge is 0.240 e. The van der Waals surface area contributed by atoms with E-state index in [0.717, 1.165) is 12.1 Å². The van der Waals surface area contributed by atoms with E-state index in [0.29, 0.717) is 12.3 Å². The van der Waals surface area contributed by atoms with Gasteiger partial charge in [-0.1, -0.05) is 13.8 Å². The fourth-order valence-electron chi connectivity index (χ4n) is 1.66. The van der Waals surface area contributed by atoms with Crippen LogP contribution in [-0.2, 0) is 10.0 Å². The first-order valence-electron chi connectivity index (χ1n) is 5.83. The van der Waals surface area contributed by atoms with Gasteiger partial charge in [0.2, 0.25) is 10.0 Å². The van der Waals surface area contributed by atoms with Crippen molar-refractivity contribution in [3.05, 3.63) is 30.1 Å². The summed E-state index contributed by atoms with van der Waals surface area (Å²) in [6, 6.07) is 4.41. The number of benzene rings is 1. The summed E-state index contributed by atoms with van der Waals surface area (Å²) in [5, 5.41) is 0. The molecular formula is C12H20ClFN2O2S. The van der Waals surface area contributed by atoms with Gasteiger partial charge in [0.05, 0.1) is 4.90 Å². The first-order valence-corrected chi connectivity index (χ1v) is 7.31. The minimum atomic E-state index is -3.63. The molecule has 3 N–H and O–H groups in total. The van der Waals surface area contributed by atoms with E-state index in [1.807, 2.05) is 13.8 Å². The monoisotopic (exact) mass is 310 g/mol. The fraction of sp³-hybridized carbons (Fsp3) is 0.500. The van der Waals surface area contributed by atoms with Crippen LogP contribution < -0.4 is 10.5 Å². The topological polar surface area (TPSA) is 72.2 Å². The van der Waals surface area contributed by atoms with Crippen LogP contribution in [-0.4, -0.2) is 21.0 Å². The van der Waals surface area contributed by atoms with Crippen LogP contribution >= 0.6 is 12.4 Å². The van der Waals surface area contributed by atoms with Crippen molar-refractivity contribution in [1.29, 1.82) is 0 Å². The molecule has 1 aromatic rings. The molecule has 0 spiro atoms. The molecule has 1 atom stereocenters. The van der Waals surface area contributed by atoms with E-state index in [1.165, 1.54) is 12.1 Å². The molecule has 0 aliphatic carbocycles. The number of hydrogen-bond donors (Lipinski definition) is 2. The third kappa shape index (κ3) is 5.86. The van der Waals surface area contributed by atoms with Gasteiger partial charge in [-0.25, -0.2) is 17.5 Å². The molecule has 110 valence electrons. The molecule has 0 aliphatic heterocycles. The third-order valence-electron chi connectivity index (χ3n) is 2.49. The van der Waals surface area contributed by atoms with Gasteiger partial charge in [0.1, 0.15) is 5.82 Å². The maximum atomic E-state index is 12.7. The van der Waals surface area contributed by atoms with Crippen molar-refractivity contribution in [2.24, 2.45) is 11.7 Å². The van der Waals surface area contributed by atoms with Gasteiger partial charge >= 0.3 is 0 Å². The number of nitrogens with one attached hydrogen (secondary N) is 1. The molecule has 1 unspecified atom stereocenters. The van der Waals surface area contributed by atoms with Crippen LogP contribution in [0.1, 0.15) is 20.3 Å². The van der Waals surface area contributed by atoms with E-state index in [-0.39, 0.29) is 29.9 Å². The first kappa shape index (κ1) is 18.3. The largest absolute Gasteiger partial charge is 0.329 e. The number of sulfonamides is 1. The van der Waals surface area contributed by atoms with Crippen LogP contribution in [0.5, 0.6) is 0 Å². The zero-order valence-electron chi connectivity index (χ0n) is 11.0. The van der Waals surface area contributed by atoms with Gasteiger partial charge in [0, 0.05) is 12.6 Å². The van der Waals surface area contributed by atoms with Crippen molar-refractivity contribution in [2.75, 3.05) is 6.54 Å². The Hall–Kier alpha value is -0.690. The SMILES string of the molecule is CC(C)CC(CN)NS(=O)(=O)c1ccc(F)cc1.Cl. The minimum Gasteiger partial charge on any atom is -0.329 e. The van der Waals surface area contributed by atoms with Gasteiger partial charge in [0.15, 0.2) is 0 Å². The molecule has 0 saturated carbocycles. The lowest BCUT2D eigenvalue weighted by Gasteiger charge is -2.18. The Kier molecular flexibility index (Phi) is 7.51. The minimum absolute atomic E-state index is 0. The van der Waals surface area contributed by atoms with Crippen LogP contribution in [0.15, 0.2) is 29.2 Å². The summed E-state index contributed by atoms with van der Waals surface area (Å²) < 4.78 is 39.3. The lowest BCUT2D eigenvalue weighted by Crippen LogP contribution is -2.40. The normalized spacial score (nSPS) is 13.1. The highest BCUT2D eigenvalue weighted by molar-refractivity contribution is 7.89. The molecule has 1 rings (SSSR count). The van der Waals surface area contributed by atoms with Crippen molar-refractivity contribution in [2.45, 2.75) is 31.2 Å². The van der Waals surface area contributed by atoms with Crippen molar-refractivity contribution in [1.82, 2.24) is 4.72 Å². The van der Waals surface area contributed by atoms with E-state index in [1.54, 1.807) is 0 Å². The Morgan fingerprint density at radius 2 is 1.79 bits per heavy atom. The molecule has 0 aromatic heterocycles. The molecule has 0 radical (unpaired) electrons. The van der Waals surface area contributed by atoms with Crippen LogP contribution in [0.4, 0.5) is 4.39 Å². The third-order valence-corrected chi connectivity index (χ3v) is 4.02. The molecule has 0 amide bonds.